The molecule has 0 aliphatic carbocycles. The molecule has 4 rings (SSSR count). The Bertz CT molecular complexity index is 754. The number of aromatic nitrogens is 2. The van der Waals surface area contributed by atoms with Crippen LogP contribution in [0.2, 0.25) is 0 Å². The van der Waals surface area contributed by atoms with Crippen LogP contribution in [0.1, 0.15) is 25.5 Å². The van der Waals surface area contributed by atoms with Crippen molar-refractivity contribution < 1.29 is 0 Å². The van der Waals surface area contributed by atoms with Crippen LogP contribution in [-0.4, -0.2) is 35.1 Å². The number of fused-ring (bicyclic) bond motifs is 2. The third kappa shape index (κ3) is 2.11. The summed E-state index contributed by atoms with van der Waals surface area (Å²) in [6, 6.07) is 6.35. The van der Waals surface area contributed by atoms with E-state index in [1.165, 1.54) is 6.42 Å². The summed E-state index contributed by atoms with van der Waals surface area (Å²) in [5, 5.41) is 3.58. The molecule has 0 amide bonds. The highest BCUT2D eigenvalue weighted by molar-refractivity contribution is 5.55. The highest BCUT2D eigenvalue weighted by Crippen LogP contribution is 2.28. The summed E-state index contributed by atoms with van der Waals surface area (Å²) in [6.45, 7) is 5.10. The van der Waals surface area contributed by atoms with Gasteiger partial charge in [0, 0.05) is 25.3 Å². The van der Waals surface area contributed by atoms with Crippen molar-refractivity contribution in [3.63, 3.8) is 0 Å². The predicted molar refractivity (Wildman–Crippen MR) is 87.6 cm³/mol. The van der Waals surface area contributed by atoms with Crippen molar-refractivity contribution in [2.24, 2.45) is 5.92 Å². The van der Waals surface area contributed by atoms with Gasteiger partial charge in [-0.15, -0.1) is 0 Å². The van der Waals surface area contributed by atoms with Crippen LogP contribution in [0.25, 0.3) is 5.65 Å². The first-order chi connectivity index (χ1) is 10.8. The maximum atomic E-state index is 13.0. The number of hydrogen-bond donors (Lipinski definition) is 1. The van der Waals surface area contributed by atoms with Crippen LogP contribution in [0.3, 0.4) is 0 Å². The Labute approximate surface area is 130 Å². The number of nitrogens with zero attached hydrogens (tertiary/aromatic N) is 3. The van der Waals surface area contributed by atoms with Crippen LogP contribution in [0.4, 0.5) is 5.69 Å². The van der Waals surface area contributed by atoms with E-state index in [0.29, 0.717) is 12.0 Å². The van der Waals surface area contributed by atoms with Crippen molar-refractivity contribution in [1.29, 1.82) is 0 Å². The largest absolute Gasteiger partial charge is 0.365 e. The van der Waals surface area contributed by atoms with Crippen LogP contribution < -0.4 is 15.8 Å². The molecule has 2 saturated heterocycles. The monoisotopic (exact) mass is 298 g/mol. The smallest absolute Gasteiger partial charge is 0.281 e. The Morgan fingerprint density at radius 1 is 1.36 bits per heavy atom. The van der Waals surface area contributed by atoms with Gasteiger partial charge in [0.15, 0.2) is 0 Å². The fraction of sp³-hybridized carbons (Fsp3) is 0.529. The molecule has 2 atom stereocenters. The first kappa shape index (κ1) is 13.8. The van der Waals surface area contributed by atoms with Gasteiger partial charge in [-0.2, -0.15) is 0 Å². The molecule has 2 aliphatic rings. The van der Waals surface area contributed by atoms with Gasteiger partial charge in [-0.25, -0.2) is 4.98 Å². The van der Waals surface area contributed by atoms with E-state index in [2.05, 4.69) is 17.1 Å². The summed E-state index contributed by atoms with van der Waals surface area (Å²) in [5.41, 5.74) is 2.56. The van der Waals surface area contributed by atoms with Crippen molar-refractivity contribution >= 4 is 11.3 Å². The van der Waals surface area contributed by atoms with E-state index in [0.717, 1.165) is 49.5 Å². The van der Waals surface area contributed by atoms with Crippen molar-refractivity contribution in [3.8, 4) is 0 Å². The number of anilines is 1. The number of aryl methyl sites for hydroxylation is 1. The summed E-state index contributed by atoms with van der Waals surface area (Å²) in [5.74, 6) is 0.661. The van der Waals surface area contributed by atoms with E-state index in [-0.39, 0.29) is 5.56 Å². The van der Waals surface area contributed by atoms with Gasteiger partial charge >= 0.3 is 0 Å². The molecule has 2 fully saturated rings. The third-order valence-corrected chi connectivity index (χ3v) is 5.09. The van der Waals surface area contributed by atoms with Crippen molar-refractivity contribution in [1.82, 2.24) is 14.7 Å². The lowest BCUT2D eigenvalue weighted by Crippen LogP contribution is -2.46. The third-order valence-electron chi connectivity index (χ3n) is 5.09. The minimum Gasteiger partial charge on any atom is -0.365 e. The highest BCUT2D eigenvalue weighted by Gasteiger charge is 2.34. The zero-order chi connectivity index (χ0) is 15.1. The van der Waals surface area contributed by atoms with Gasteiger partial charge in [-0.05, 0) is 43.9 Å². The summed E-state index contributed by atoms with van der Waals surface area (Å²) in [7, 11) is 0. The molecule has 2 aliphatic heterocycles. The van der Waals surface area contributed by atoms with Crippen LogP contribution in [0, 0.1) is 5.92 Å². The molecule has 2 unspecified atom stereocenters. The van der Waals surface area contributed by atoms with E-state index in [4.69, 9.17) is 4.98 Å². The second-order valence-electron chi connectivity index (χ2n) is 6.34. The molecule has 2 aromatic heterocycles. The minimum atomic E-state index is 0.0758. The zero-order valence-corrected chi connectivity index (χ0v) is 13.0. The van der Waals surface area contributed by atoms with Gasteiger partial charge in [-0.3, -0.25) is 9.20 Å². The average molecular weight is 298 g/mol. The molecule has 1 N–H and O–H groups in total. The first-order valence-corrected chi connectivity index (χ1v) is 8.26. The first-order valence-electron chi connectivity index (χ1n) is 8.26. The maximum Gasteiger partial charge on any atom is 0.281 e. The minimum absolute atomic E-state index is 0.0758. The normalized spacial score (nSPS) is 24.7. The maximum absolute atomic E-state index is 13.0. The lowest BCUT2D eigenvalue weighted by atomic mass is 9.93. The van der Waals surface area contributed by atoms with Crippen LogP contribution >= 0.6 is 0 Å². The fourth-order valence-electron chi connectivity index (χ4n) is 3.94. The number of hydrogen-bond acceptors (Lipinski definition) is 4. The average Bonchev–Trinajstić information content (AvgIpc) is 3.02. The molecule has 5 nitrogen and oxygen atoms in total. The molecule has 5 heteroatoms. The van der Waals surface area contributed by atoms with E-state index in [1.54, 1.807) is 4.40 Å². The summed E-state index contributed by atoms with van der Waals surface area (Å²) < 4.78 is 1.67. The molecule has 0 bridgehead atoms. The van der Waals surface area contributed by atoms with Crippen molar-refractivity contribution in [2.45, 2.75) is 32.2 Å². The molecular formula is C17H22N4O. The molecule has 116 valence electrons. The number of piperidine rings is 1. The number of nitrogens with one attached hydrogen (secondary N) is 1. The Balaban J connectivity index is 1.80. The van der Waals surface area contributed by atoms with Gasteiger partial charge in [0.1, 0.15) is 11.3 Å². The number of rotatable bonds is 2. The van der Waals surface area contributed by atoms with E-state index in [9.17, 15) is 4.79 Å². The van der Waals surface area contributed by atoms with Crippen molar-refractivity contribution in [3.05, 3.63) is 40.4 Å². The molecular weight excluding hydrogens is 276 g/mol. The zero-order valence-electron chi connectivity index (χ0n) is 13.0. The van der Waals surface area contributed by atoms with Crippen molar-refractivity contribution in [2.75, 3.05) is 24.5 Å². The second-order valence-corrected chi connectivity index (χ2v) is 6.34. The summed E-state index contributed by atoms with van der Waals surface area (Å²) in [4.78, 5) is 20.0. The number of pyridine rings is 1. The molecule has 2 aromatic rings. The Kier molecular flexibility index (Phi) is 3.37. The van der Waals surface area contributed by atoms with E-state index in [1.807, 2.05) is 24.4 Å². The molecule has 0 spiro atoms. The lowest BCUT2D eigenvalue weighted by molar-refractivity contribution is 0.375. The predicted octanol–water partition coefficient (Wildman–Crippen LogP) is 1.45. The van der Waals surface area contributed by atoms with Crippen LogP contribution in [0.5, 0.6) is 0 Å². The Hall–Kier alpha value is -1.88. The Morgan fingerprint density at radius 3 is 3.14 bits per heavy atom. The Morgan fingerprint density at radius 2 is 2.27 bits per heavy atom. The molecule has 0 aromatic carbocycles. The fourth-order valence-corrected chi connectivity index (χ4v) is 3.94. The molecule has 4 heterocycles. The second kappa shape index (κ2) is 5.39. The van der Waals surface area contributed by atoms with Gasteiger partial charge in [0.25, 0.3) is 5.56 Å². The van der Waals surface area contributed by atoms with Gasteiger partial charge in [-0.1, -0.05) is 13.0 Å². The molecule has 22 heavy (non-hydrogen) atoms. The quantitative estimate of drug-likeness (QED) is 0.911. The highest BCUT2D eigenvalue weighted by atomic mass is 16.1. The summed E-state index contributed by atoms with van der Waals surface area (Å²) >= 11 is 0. The SMILES string of the molecule is CCc1nc2ccccn2c(=O)c1N1CCC2NCCC2C1. The van der Waals surface area contributed by atoms with Gasteiger partial charge < -0.3 is 10.2 Å². The van der Waals surface area contributed by atoms with E-state index >= 15 is 0 Å². The molecule has 0 radical (unpaired) electrons. The van der Waals surface area contributed by atoms with E-state index < -0.39 is 0 Å². The van der Waals surface area contributed by atoms with Gasteiger partial charge in [0.2, 0.25) is 0 Å². The topological polar surface area (TPSA) is 49.6 Å². The molecule has 0 saturated carbocycles. The lowest BCUT2D eigenvalue weighted by Gasteiger charge is -2.36. The van der Waals surface area contributed by atoms with Crippen LogP contribution in [-0.2, 0) is 6.42 Å². The van der Waals surface area contributed by atoms with Crippen LogP contribution in [0.15, 0.2) is 29.2 Å². The standard InChI is InChI=1S/C17H22N4O/c1-2-13-16(17(22)21-9-4-3-5-15(21)19-13)20-10-7-14-12(11-20)6-8-18-14/h3-5,9,12,14,18H,2,6-8,10-11H2,1H3. The van der Waals surface area contributed by atoms with Gasteiger partial charge in [0.05, 0.1) is 5.69 Å². The summed E-state index contributed by atoms with van der Waals surface area (Å²) in [6.07, 6.45) is 4.94.